The first-order valence-corrected chi connectivity index (χ1v) is 7.45. The third-order valence-electron chi connectivity index (χ3n) is 4.04. The Morgan fingerprint density at radius 2 is 2.20 bits per heavy atom. The highest BCUT2D eigenvalue weighted by Gasteiger charge is 2.31. The standard InChI is InChI=1S/C16H24N2O2/c1-13(16(20)17-14-7-3-2-4-8-14)18-11-5-9-15(18)10-6-12-19/h2-4,7-8,13,15,19H,5-6,9-12H2,1H3,(H,17,20). The van der Waals surface area contributed by atoms with E-state index in [0.29, 0.717) is 6.04 Å². The molecule has 4 heteroatoms. The van der Waals surface area contributed by atoms with Gasteiger partial charge in [0.15, 0.2) is 0 Å². The van der Waals surface area contributed by atoms with Crippen LogP contribution >= 0.6 is 0 Å². The van der Waals surface area contributed by atoms with Crippen LogP contribution in [0, 0.1) is 0 Å². The van der Waals surface area contributed by atoms with E-state index in [1.807, 2.05) is 37.3 Å². The van der Waals surface area contributed by atoms with Crippen molar-refractivity contribution in [2.45, 2.75) is 44.7 Å². The van der Waals surface area contributed by atoms with Crippen molar-refractivity contribution < 1.29 is 9.90 Å². The summed E-state index contributed by atoms with van der Waals surface area (Å²) in [4.78, 5) is 14.6. The first kappa shape index (κ1) is 15.0. The fraction of sp³-hybridized carbons (Fsp3) is 0.562. The Morgan fingerprint density at radius 3 is 2.90 bits per heavy atom. The van der Waals surface area contributed by atoms with Gasteiger partial charge in [0.05, 0.1) is 6.04 Å². The molecule has 2 unspecified atom stereocenters. The molecule has 1 aliphatic rings. The minimum atomic E-state index is -0.124. The molecule has 2 atom stereocenters. The molecule has 1 saturated heterocycles. The van der Waals surface area contributed by atoms with Gasteiger partial charge in [0, 0.05) is 18.3 Å². The molecule has 0 spiro atoms. The molecule has 0 bridgehead atoms. The van der Waals surface area contributed by atoms with Crippen molar-refractivity contribution in [1.82, 2.24) is 4.90 Å². The van der Waals surface area contributed by atoms with Crippen molar-refractivity contribution >= 4 is 11.6 Å². The molecule has 4 nitrogen and oxygen atoms in total. The van der Waals surface area contributed by atoms with E-state index in [-0.39, 0.29) is 18.6 Å². The average molecular weight is 276 g/mol. The lowest BCUT2D eigenvalue weighted by atomic mass is 10.1. The van der Waals surface area contributed by atoms with E-state index < -0.39 is 0 Å². The Labute approximate surface area is 120 Å². The third-order valence-corrected chi connectivity index (χ3v) is 4.04. The topological polar surface area (TPSA) is 52.6 Å². The number of likely N-dealkylation sites (tertiary alicyclic amines) is 1. The minimum absolute atomic E-state index is 0.0482. The Hall–Kier alpha value is -1.39. The van der Waals surface area contributed by atoms with Crippen LogP contribution < -0.4 is 5.32 Å². The quantitative estimate of drug-likeness (QED) is 0.838. The number of para-hydroxylation sites is 1. The van der Waals surface area contributed by atoms with Crippen LogP contribution in [0.2, 0.25) is 0 Å². The molecular formula is C16H24N2O2. The molecule has 0 saturated carbocycles. The summed E-state index contributed by atoms with van der Waals surface area (Å²) >= 11 is 0. The van der Waals surface area contributed by atoms with Gasteiger partial charge in [0.25, 0.3) is 0 Å². The molecule has 0 aromatic heterocycles. The first-order chi connectivity index (χ1) is 9.72. The van der Waals surface area contributed by atoms with Crippen LogP contribution in [-0.2, 0) is 4.79 Å². The molecule has 1 aliphatic heterocycles. The van der Waals surface area contributed by atoms with Crippen molar-refractivity contribution in [2.24, 2.45) is 0 Å². The number of hydrogen-bond acceptors (Lipinski definition) is 3. The summed E-state index contributed by atoms with van der Waals surface area (Å²) < 4.78 is 0. The first-order valence-electron chi connectivity index (χ1n) is 7.45. The van der Waals surface area contributed by atoms with Crippen LogP contribution in [0.25, 0.3) is 0 Å². The SMILES string of the molecule is CC(C(=O)Nc1ccccc1)N1CCCC1CCCO. The fourth-order valence-electron chi connectivity index (χ4n) is 2.92. The molecule has 0 aliphatic carbocycles. The van der Waals surface area contributed by atoms with E-state index in [1.54, 1.807) is 0 Å². The second-order valence-electron chi connectivity index (χ2n) is 5.43. The Bertz CT molecular complexity index is 422. The summed E-state index contributed by atoms with van der Waals surface area (Å²) in [5.74, 6) is 0.0482. The van der Waals surface area contributed by atoms with Crippen LogP contribution in [0.5, 0.6) is 0 Å². The summed E-state index contributed by atoms with van der Waals surface area (Å²) in [5, 5.41) is 11.9. The summed E-state index contributed by atoms with van der Waals surface area (Å²) in [6.07, 6.45) is 4.05. The Morgan fingerprint density at radius 1 is 1.45 bits per heavy atom. The summed E-state index contributed by atoms with van der Waals surface area (Å²) in [7, 11) is 0. The van der Waals surface area contributed by atoms with Crippen molar-refractivity contribution in [1.29, 1.82) is 0 Å². The number of carbonyl (C=O) groups excluding carboxylic acids is 1. The highest BCUT2D eigenvalue weighted by Crippen LogP contribution is 2.24. The zero-order chi connectivity index (χ0) is 14.4. The lowest BCUT2D eigenvalue weighted by Crippen LogP contribution is -2.44. The summed E-state index contributed by atoms with van der Waals surface area (Å²) in [6.45, 7) is 3.17. The monoisotopic (exact) mass is 276 g/mol. The van der Waals surface area contributed by atoms with Crippen LogP contribution in [0.3, 0.4) is 0 Å². The second kappa shape index (κ2) is 7.41. The van der Waals surface area contributed by atoms with Gasteiger partial charge >= 0.3 is 0 Å². The van der Waals surface area contributed by atoms with Gasteiger partial charge in [-0.15, -0.1) is 0 Å². The predicted octanol–water partition coefficient (Wildman–Crippen LogP) is 2.25. The van der Waals surface area contributed by atoms with E-state index in [2.05, 4.69) is 10.2 Å². The number of carbonyl (C=O) groups is 1. The van der Waals surface area contributed by atoms with Gasteiger partial charge in [-0.25, -0.2) is 0 Å². The van der Waals surface area contributed by atoms with Crippen LogP contribution in [0.15, 0.2) is 30.3 Å². The molecular weight excluding hydrogens is 252 g/mol. The number of nitrogens with one attached hydrogen (secondary N) is 1. The van der Waals surface area contributed by atoms with E-state index >= 15 is 0 Å². The number of aliphatic hydroxyl groups excluding tert-OH is 1. The lowest BCUT2D eigenvalue weighted by molar-refractivity contribution is -0.121. The molecule has 1 fully saturated rings. The maximum atomic E-state index is 12.3. The molecule has 0 radical (unpaired) electrons. The molecule has 2 N–H and O–H groups in total. The van der Waals surface area contributed by atoms with E-state index in [9.17, 15) is 4.79 Å². The number of aliphatic hydroxyl groups is 1. The van der Waals surface area contributed by atoms with E-state index in [1.165, 1.54) is 0 Å². The van der Waals surface area contributed by atoms with Gasteiger partial charge in [-0.1, -0.05) is 18.2 Å². The van der Waals surface area contributed by atoms with Crippen LogP contribution in [-0.4, -0.2) is 41.1 Å². The average Bonchev–Trinajstić information content (AvgIpc) is 2.93. The third kappa shape index (κ3) is 3.81. The molecule has 20 heavy (non-hydrogen) atoms. The van der Waals surface area contributed by atoms with Crippen molar-refractivity contribution in [3.05, 3.63) is 30.3 Å². The molecule has 1 heterocycles. The Balaban J connectivity index is 1.92. The van der Waals surface area contributed by atoms with Crippen molar-refractivity contribution in [2.75, 3.05) is 18.5 Å². The van der Waals surface area contributed by atoms with Gasteiger partial charge in [-0.05, 0) is 51.3 Å². The summed E-state index contributed by atoms with van der Waals surface area (Å²) in [6, 6.07) is 9.88. The normalized spacial score (nSPS) is 20.8. The molecule has 1 aromatic carbocycles. The Kier molecular flexibility index (Phi) is 5.56. The number of rotatable bonds is 6. The largest absolute Gasteiger partial charge is 0.396 e. The number of hydrogen-bond donors (Lipinski definition) is 2. The second-order valence-corrected chi connectivity index (χ2v) is 5.43. The van der Waals surface area contributed by atoms with Gasteiger partial charge in [0.1, 0.15) is 0 Å². The van der Waals surface area contributed by atoms with E-state index in [4.69, 9.17) is 5.11 Å². The number of nitrogens with zero attached hydrogens (tertiary/aromatic N) is 1. The predicted molar refractivity (Wildman–Crippen MR) is 80.6 cm³/mol. The highest BCUT2D eigenvalue weighted by molar-refractivity contribution is 5.94. The van der Waals surface area contributed by atoms with Gasteiger partial charge in [-0.2, -0.15) is 0 Å². The van der Waals surface area contributed by atoms with Crippen molar-refractivity contribution in [3.63, 3.8) is 0 Å². The maximum Gasteiger partial charge on any atom is 0.241 e. The van der Waals surface area contributed by atoms with Crippen LogP contribution in [0.1, 0.15) is 32.6 Å². The fourth-order valence-corrected chi connectivity index (χ4v) is 2.92. The van der Waals surface area contributed by atoms with Gasteiger partial charge < -0.3 is 10.4 Å². The van der Waals surface area contributed by atoms with Crippen LogP contribution in [0.4, 0.5) is 5.69 Å². The maximum absolute atomic E-state index is 12.3. The van der Waals surface area contributed by atoms with Gasteiger partial charge in [-0.3, -0.25) is 9.69 Å². The smallest absolute Gasteiger partial charge is 0.241 e. The minimum Gasteiger partial charge on any atom is -0.396 e. The lowest BCUT2D eigenvalue weighted by Gasteiger charge is -2.29. The molecule has 1 aromatic rings. The molecule has 110 valence electrons. The zero-order valence-electron chi connectivity index (χ0n) is 12.1. The number of amides is 1. The zero-order valence-corrected chi connectivity index (χ0v) is 12.1. The number of benzene rings is 1. The van der Waals surface area contributed by atoms with Gasteiger partial charge in [0.2, 0.25) is 5.91 Å². The van der Waals surface area contributed by atoms with E-state index in [0.717, 1.165) is 37.9 Å². The highest BCUT2D eigenvalue weighted by atomic mass is 16.3. The molecule has 2 rings (SSSR count). The molecule has 1 amide bonds. The van der Waals surface area contributed by atoms with Crippen molar-refractivity contribution in [3.8, 4) is 0 Å². The summed E-state index contributed by atoms with van der Waals surface area (Å²) in [5.41, 5.74) is 0.843. The number of anilines is 1.